The first kappa shape index (κ1) is 14.4. The number of carbonyl (C=O) groups excluding carboxylic acids is 1. The number of sulfonamides is 1. The highest BCUT2D eigenvalue weighted by Crippen LogP contribution is 2.22. The predicted molar refractivity (Wildman–Crippen MR) is 67.5 cm³/mol. The highest BCUT2D eigenvalue weighted by molar-refractivity contribution is 7.89. The van der Waals surface area contributed by atoms with Crippen molar-refractivity contribution in [2.75, 3.05) is 6.61 Å². The van der Waals surface area contributed by atoms with Crippen molar-refractivity contribution in [1.82, 2.24) is 4.72 Å². The molecule has 1 aromatic carbocycles. The zero-order valence-electron chi connectivity index (χ0n) is 10.5. The molecule has 1 fully saturated rings. The lowest BCUT2D eigenvalue weighted by Crippen LogP contribution is -2.38. The molecule has 1 aliphatic heterocycles. The zero-order valence-corrected chi connectivity index (χ0v) is 11.3. The highest BCUT2D eigenvalue weighted by atomic mass is 32.2. The van der Waals surface area contributed by atoms with Gasteiger partial charge in [-0.25, -0.2) is 8.42 Å². The Morgan fingerprint density at radius 1 is 1.45 bits per heavy atom. The summed E-state index contributed by atoms with van der Waals surface area (Å²) in [7, 11) is -4.02. The van der Waals surface area contributed by atoms with E-state index < -0.39 is 27.0 Å². The zero-order chi connectivity index (χ0) is 14.9. The monoisotopic (exact) mass is 300 g/mol. The number of aryl methyl sites for hydroxylation is 1. The van der Waals surface area contributed by atoms with Gasteiger partial charge >= 0.3 is 5.97 Å². The first-order chi connectivity index (χ1) is 9.31. The summed E-state index contributed by atoms with van der Waals surface area (Å²) in [6.45, 7) is 1.67. The van der Waals surface area contributed by atoms with E-state index in [1.807, 2.05) is 0 Å². The highest BCUT2D eigenvalue weighted by Gasteiger charge is 2.32. The normalized spacial score (nSPS) is 18.9. The summed E-state index contributed by atoms with van der Waals surface area (Å²) >= 11 is 0. The fourth-order valence-corrected chi connectivity index (χ4v) is 3.33. The lowest BCUT2D eigenvalue weighted by atomic mass is 10.2. The molecule has 1 N–H and O–H groups in total. The van der Waals surface area contributed by atoms with Crippen molar-refractivity contribution in [3.8, 4) is 0 Å². The Morgan fingerprint density at radius 2 is 2.15 bits per heavy atom. The number of rotatable bonds is 4. The van der Waals surface area contributed by atoms with Crippen molar-refractivity contribution in [2.24, 2.45) is 0 Å². The summed E-state index contributed by atoms with van der Waals surface area (Å²) < 4.78 is 31.2. The van der Waals surface area contributed by atoms with E-state index in [4.69, 9.17) is 0 Å². The number of cyclic esters (lactones) is 1. The number of nitro groups is 1. The van der Waals surface area contributed by atoms with Crippen molar-refractivity contribution in [3.05, 3.63) is 33.9 Å². The molecular weight excluding hydrogens is 288 g/mol. The Labute approximate surface area is 114 Å². The molecule has 0 saturated carbocycles. The Kier molecular flexibility index (Phi) is 3.73. The molecule has 2 rings (SSSR count). The van der Waals surface area contributed by atoms with Gasteiger partial charge in [0.2, 0.25) is 10.0 Å². The van der Waals surface area contributed by atoms with Gasteiger partial charge < -0.3 is 4.74 Å². The SMILES string of the molecule is Cc1ccc([N+](=O)[O-])cc1S(=O)(=O)N[C@@H]1CCOC1=O. The molecule has 1 atom stereocenters. The van der Waals surface area contributed by atoms with Crippen molar-refractivity contribution in [2.45, 2.75) is 24.3 Å². The molecule has 0 aromatic heterocycles. The third kappa shape index (κ3) is 2.78. The quantitative estimate of drug-likeness (QED) is 0.491. The smallest absolute Gasteiger partial charge is 0.324 e. The second-order valence-electron chi connectivity index (χ2n) is 4.34. The molecule has 1 heterocycles. The van der Waals surface area contributed by atoms with Crippen LogP contribution in [0.1, 0.15) is 12.0 Å². The van der Waals surface area contributed by atoms with Crippen molar-refractivity contribution < 1.29 is 22.9 Å². The number of nitrogens with zero attached hydrogens (tertiary/aromatic N) is 1. The molecule has 108 valence electrons. The lowest BCUT2D eigenvalue weighted by molar-refractivity contribution is -0.385. The maximum Gasteiger partial charge on any atom is 0.324 e. The molecule has 1 aliphatic rings. The van der Waals surface area contributed by atoms with Gasteiger partial charge in [0.05, 0.1) is 16.4 Å². The van der Waals surface area contributed by atoms with E-state index in [0.29, 0.717) is 5.56 Å². The average molecular weight is 300 g/mol. The number of non-ortho nitro benzene ring substituents is 1. The molecule has 8 nitrogen and oxygen atoms in total. The number of esters is 1. The fourth-order valence-electron chi connectivity index (χ4n) is 1.85. The topological polar surface area (TPSA) is 116 Å². The third-order valence-corrected chi connectivity index (χ3v) is 4.52. The number of carbonyl (C=O) groups is 1. The van der Waals surface area contributed by atoms with Crippen LogP contribution in [0.25, 0.3) is 0 Å². The van der Waals surface area contributed by atoms with Gasteiger partial charge in [0.25, 0.3) is 5.69 Å². The summed E-state index contributed by atoms with van der Waals surface area (Å²) in [4.78, 5) is 21.1. The average Bonchev–Trinajstić information content (AvgIpc) is 2.74. The Hall–Kier alpha value is -2.00. The van der Waals surface area contributed by atoms with E-state index in [1.54, 1.807) is 0 Å². The van der Waals surface area contributed by atoms with Crippen LogP contribution in [0.3, 0.4) is 0 Å². The van der Waals surface area contributed by atoms with Crippen LogP contribution in [0.2, 0.25) is 0 Å². The number of nitro benzene ring substituents is 1. The van der Waals surface area contributed by atoms with Gasteiger partial charge in [0.1, 0.15) is 6.04 Å². The molecule has 1 saturated heterocycles. The summed E-state index contributed by atoms with van der Waals surface area (Å²) in [6, 6.07) is 2.59. The standard InChI is InChI=1S/C11H12N2O6S/c1-7-2-3-8(13(15)16)6-10(7)20(17,18)12-9-4-5-19-11(9)14/h2-3,6,9,12H,4-5H2,1H3/t9-/m1/s1. The van der Waals surface area contributed by atoms with Crippen molar-refractivity contribution in [1.29, 1.82) is 0 Å². The van der Waals surface area contributed by atoms with E-state index in [0.717, 1.165) is 6.07 Å². The molecule has 1 aromatic rings. The van der Waals surface area contributed by atoms with Gasteiger partial charge in [-0.15, -0.1) is 0 Å². The number of benzene rings is 1. The molecule has 0 amide bonds. The van der Waals surface area contributed by atoms with Crippen LogP contribution in [0.4, 0.5) is 5.69 Å². The Bertz CT molecular complexity index is 669. The van der Waals surface area contributed by atoms with Crippen LogP contribution >= 0.6 is 0 Å². The van der Waals surface area contributed by atoms with E-state index >= 15 is 0 Å². The molecule has 9 heteroatoms. The number of hydrogen-bond acceptors (Lipinski definition) is 6. The van der Waals surface area contributed by atoms with Gasteiger partial charge in [0, 0.05) is 18.6 Å². The first-order valence-corrected chi connectivity index (χ1v) is 7.23. The molecule has 0 radical (unpaired) electrons. The maximum absolute atomic E-state index is 12.2. The van der Waals surface area contributed by atoms with Gasteiger partial charge in [0.15, 0.2) is 0 Å². The van der Waals surface area contributed by atoms with E-state index in [2.05, 4.69) is 9.46 Å². The summed E-state index contributed by atoms with van der Waals surface area (Å²) in [5, 5.41) is 10.7. The molecule has 0 spiro atoms. The number of ether oxygens (including phenoxy) is 1. The lowest BCUT2D eigenvalue weighted by Gasteiger charge is -2.11. The van der Waals surface area contributed by atoms with Crippen molar-refractivity contribution in [3.63, 3.8) is 0 Å². The van der Waals surface area contributed by atoms with Crippen LogP contribution in [0, 0.1) is 17.0 Å². The minimum absolute atomic E-state index is 0.153. The fraction of sp³-hybridized carbons (Fsp3) is 0.364. The number of nitrogens with one attached hydrogen (secondary N) is 1. The minimum Gasteiger partial charge on any atom is -0.464 e. The van der Waals surface area contributed by atoms with Crippen LogP contribution in [-0.4, -0.2) is 32.0 Å². The molecule has 20 heavy (non-hydrogen) atoms. The number of hydrogen-bond donors (Lipinski definition) is 1. The van der Waals surface area contributed by atoms with Crippen LogP contribution in [-0.2, 0) is 19.6 Å². The van der Waals surface area contributed by atoms with Gasteiger partial charge in [-0.3, -0.25) is 14.9 Å². The van der Waals surface area contributed by atoms with Crippen LogP contribution < -0.4 is 4.72 Å². The van der Waals surface area contributed by atoms with Crippen LogP contribution in [0.5, 0.6) is 0 Å². The van der Waals surface area contributed by atoms with Gasteiger partial charge in [-0.2, -0.15) is 4.72 Å². The minimum atomic E-state index is -4.02. The summed E-state index contributed by atoms with van der Waals surface area (Å²) in [5.74, 6) is -0.642. The van der Waals surface area contributed by atoms with E-state index in [1.165, 1.54) is 19.1 Å². The second-order valence-corrected chi connectivity index (χ2v) is 6.02. The second kappa shape index (κ2) is 5.17. The van der Waals surface area contributed by atoms with E-state index in [-0.39, 0.29) is 23.6 Å². The van der Waals surface area contributed by atoms with Gasteiger partial charge in [-0.1, -0.05) is 6.07 Å². The predicted octanol–water partition coefficient (Wildman–Crippen LogP) is 0.497. The molecule has 0 aliphatic carbocycles. The van der Waals surface area contributed by atoms with Gasteiger partial charge in [-0.05, 0) is 12.5 Å². The Morgan fingerprint density at radius 3 is 2.70 bits per heavy atom. The van der Waals surface area contributed by atoms with Crippen LogP contribution in [0.15, 0.2) is 23.1 Å². The summed E-state index contributed by atoms with van der Waals surface area (Å²) in [5.41, 5.74) is 0.0273. The molecular formula is C11H12N2O6S. The third-order valence-electron chi connectivity index (χ3n) is 2.90. The summed E-state index contributed by atoms with van der Waals surface area (Å²) in [6.07, 6.45) is 0.242. The molecule has 0 bridgehead atoms. The first-order valence-electron chi connectivity index (χ1n) is 5.75. The maximum atomic E-state index is 12.2. The Balaban J connectivity index is 2.36. The van der Waals surface area contributed by atoms with Crippen molar-refractivity contribution >= 4 is 21.7 Å². The van der Waals surface area contributed by atoms with E-state index in [9.17, 15) is 23.3 Å². The largest absolute Gasteiger partial charge is 0.464 e. The molecule has 0 unspecified atom stereocenters.